The molecule has 6 amide bonds. The molecule has 0 radical (unpaired) electrons. The summed E-state index contributed by atoms with van der Waals surface area (Å²) in [6.45, 7) is 0. The van der Waals surface area contributed by atoms with Crippen molar-refractivity contribution in [3.63, 3.8) is 0 Å². The Labute approximate surface area is 265 Å². The molecular formula is C33H35N5O8. The molecule has 2 aliphatic heterocycles. The molecule has 2 aromatic rings. The van der Waals surface area contributed by atoms with Crippen LogP contribution < -0.4 is 5.43 Å². The Bertz CT molecular complexity index is 1630. The van der Waals surface area contributed by atoms with Gasteiger partial charge < -0.3 is 9.62 Å². The quantitative estimate of drug-likeness (QED) is 0.176. The molecule has 0 spiro atoms. The van der Waals surface area contributed by atoms with Gasteiger partial charge in [0.25, 0.3) is 17.7 Å². The van der Waals surface area contributed by atoms with Gasteiger partial charge in [0, 0.05) is 17.6 Å². The van der Waals surface area contributed by atoms with E-state index in [1.807, 2.05) is 6.07 Å². The number of carbonyl (C=O) groups is 5. The van der Waals surface area contributed by atoms with E-state index in [2.05, 4.69) is 20.2 Å². The zero-order valence-corrected chi connectivity index (χ0v) is 25.4. The lowest BCUT2D eigenvalue weighted by Gasteiger charge is -2.44. The molecule has 2 N–H and O–H groups in total. The molecule has 1 saturated heterocycles. The number of nitrogens with zero attached hydrogens (tertiary/aromatic N) is 4. The number of rotatable bonds is 6. The fourth-order valence-electron chi connectivity index (χ4n) is 6.94. The number of amides is 6. The van der Waals surface area contributed by atoms with Crippen LogP contribution in [0.4, 0.5) is 15.3 Å². The predicted molar refractivity (Wildman–Crippen MR) is 165 cm³/mol. The molecule has 0 bridgehead atoms. The van der Waals surface area contributed by atoms with Crippen LogP contribution in [0.25, 0.3) is 11.1 Å². The minimum Gasteiger partial charge on any atom is -0.452 e. The molecule has 2 saturated carbocycles. The lowest BCUT2D eigenvalue weighted by atomic mass is 9.91. The van der Waals surface area contributed by atoms with Crippen LogP contribution in [0.15, 0.2) is 59.5 Å². The largest absolute Gasteiger partial charge is 0.452 e. The Morgan fingerprint density at radius 1 is 0.826 bits per heavy atom. The van der Waals surface area contributed by atoms with Gasteiger partial charge in [-0.2, -0.15) is 10.0 Å². The van der Waals surface area contributed by atoms with Gasteiger partial charge in [0.15, 0.2) is 12.0 Å². The zero-order valence-electron chi connectivity index (χ0n) is 25.4. The second-order valence-corrected chi connectivity index (χ2v) is 11.8. The fraction of sp³-hybridized carbons (Fsp3) is 0.394. The molecule has 3 fully saturated rings. The zero-order chi connectivity index (χ0) is 32.4. The van der Waals surface area contributed by atoms with E-state index in [1.165, 1.54) is 15.9 Å². The van der Waals surface area contributed by atoms with Crippen molar-refractivity contribution in [2.75, 3.05) is 12.5 Å². The average molecular weight is 630 g/mol. The van der Waals surface area contributed by atoms with E-state index in [0.717, 1.165) is 51.9 Å². The number of imide groups is 4. The van der Waals surface area contributed by atoms with Crippen molar-refractivity contribution in [3.8, 4) is 11.1 Å². The number of fused-ring (bicyclic) bond motifs is 1. The van der Waals surface area contributed by atoms with E-state index >= 15 is 0 Å². The van der Waals surface area contributed by atoms with E-state index in [4.69, 9.17) is 0 Å². The van der Waals surface area contributed by atoms with E-state index in [9.17, 15) is 29.2 Å². The lowest BCUT2D eigenvalue weighted by molar-refractivity contribution is -0.188. The number of ether oxygens (including phenoxy) is 1. The summed E-state index contributed by atoms with van der Waals surface area (Å²) in [5, 5.41) is 14.1. The monoisotopic (exact) mass is 629 g/mol. The van der Waals surface area contributed by atoms with Crippen LogP contribution in [0, 0.1) is 0 Å². The second-order valence-electron chi connectivity index (χ2n) is 11.8. The maximum absolute atomic E-state index is 14.2. The van der Waals surface area contributed by atoms with Crippen LogP contribution in [0.3, 0.4) is 0 Å². The molecule has 0 aromatic heterocycles. The van der Waals surface area contributed by atoms with Gasteiger partial charge in [-0.1, -0.05) is 74.9 Å². The number of benzene rings is 2. The predicted octanol–water partition coefficient (Wildman–Crippen LogP) is 5.74. The number of methoxy groups -OCH3 is 1. The molecule has 13 heteroatoms. The lowest BCUT2D eigenvalue weighted by Crippen LogP contribution is -2.62. The first-order valence-corrected chi connectivity index (χ1v) is 15.6. The highest BCUT2D eigenvalue weighted by atomic mass is 17.1. The highest BCUT2D eigenvalue weighted by Crippen LogP contribution is 2.39. The van der Waals surface area contributed by atoms with Crippen LogP contribution in [0.2, 0.25) is 0 Å². The molecule has 13 nitrogen and oxygen atoms in total. The number of hydrazone groups is 1. The van der Waals surface area contributed by atoms with Gasteiger partial charge in [-0.25, -0.2) is 14.8 Å². The summed E-state index contributed by atoms with van der Waals surface area (Å²) < 4.78 is 4.68. The highest BCUT2D eigenvalue weighted by Gasteiger charge is 2.48. The molecule has 6 rings (SSSR count). The smallest absolute Gasteiger partial charge is 0.423 e. The summed E-state index contributed by atoms with van der Waals surface area (Å²) in [4.78, 5) is 75.0. The number of carbonyl (C=O) groups excluding carboxylic acids is 5. The molecule has 0 unspecified atom stereocenters. The fourth-order valence-corrected chi connectivity index (χ4v) is 6.94. The molecule has 2 aromatic carbocycles. The van der Waals surface area contributed by atoms with Gasteiger partial charge in [0.1, 0.15) is 5.70 Å². The van der Waals surface area contributed by atoms with Crippen LogP contribution in [-0.4, -0.2) is 74.7 Å². The Kier molecular flexibility index (Phi) is 8.84. The van der Waals surface area contributed by atoms with Crippen molar-refractivity contribution in [1.82, 2.24) is 14.7 Å². The number of urea groups is 1. The number of hydrogen-bond donors (Lipinski definition) is 2. The van der Waals surface area contributed by atoms with Gasteiger partial charge >= 0.3 is 12.1 Å². The summed E-state index contributed by atoms with van der Waals surface area (Å²) in [6, 6.07) is 11.0. The Morgan fingerprint density at radius 2 is 1.43 bits per heavy atom. The molecule has 2 heterocycles. The SMILES string of the molecule is COC(=O)N1C(=O)c2ccc(-c3ccccc3)c(NN=C3C(=O)N(C4CCCCC4)C(=O)N(C4CCCCC4)/C3=C/OO)c2C1=O. The molecular weight excluding hydrogens is 594 g/mol. The van der Waals surface area contributed by atoms with Crippen LogP contribution in [0.5, 0.6) is 0 Å². The summed E-state index contributed by atoms with van der Waals surface area (Å²) in [5.41, 5.74) is 3.67. The summed E-state index contributed by atoms with van der Waals surface area (Å²) in [5.74, 6) is -2.45. The van der Waals surface area contributed by atoms with Gasteiger partial charge in [-0.3, -0.25) is 29.6 Å². The molecule has 2 aliphatic carbocycles. The van der Waals surface area contributed by atoms with Crippen molar-refractivity contribution in [2.24, 2.45) is 5.10 Å². The molecule has 0 atom stereocenters. The van der Waals surface area contributed by atoms with E-state index < -0.39 is 29.8 Å². The van der Waals surface area contributed by atoms with Crippen molar-refractivity contribution < 1.29 is 38.9 Å². The minimum absolute atomic E-state index is 0.0172. The number of hydrogen-bond acceptors (Lipinski definition) is 10. The van der Waals surface area contributed by atoms with Gasteiger partial charge in [-0.05, 0) is 37.3 Å². The first kappa shape index (κ1) is 31.0. The van der Waals surface area contributed by atoms with E-state index in [0.29, 0.717) is 41.7 Å². The Balaban J connectivity index is 1.49. The third kappa shape index (κ3) is 5.40. The van der Waals surface area contributed by atoms with Crippen molar-refractivity contribution >= 4 is 41.2 Å². The topological polar surface area (TPSA) is 158 Å². The summed E-state index contributed by atoms with van der Waals surface area (Å²) in [6.07, 6.45) is 8.10. The van der Waals surface area contributed by atoms with Crippen molar-refractivity contribution in [2.45, 2.75) is 76.3 Å². The third-order valence-corrected chi connectivity index (χ3v) is 9.16. The van der Waals surface area contributed by atoms with Gasteiger partial charge in [-0.15, -0.1) is 0 Å². The van der Waals surface area contributed by atoms with Crippen LogP contribution in [-0.2, 0) is 14.4 Å². The molecule has 4 aliphatic rings. The van der Waals surface area contributed by atoms with Crippen LogP contribution >= 0.6 is 0 Å². The summed E-state index contributed by atoms with van der Waals surface area (Å²) in [7, 11) is 1.07. The maximum Gasteiger partial charge on any atom is 0.423 e. The Hall–Kier alpha value is -5.04. The molecule has 240 valence electrons. The van der Waals surface area contributed by atoms with Crippen molar-refractivity contribution in [1.29, 1.82) is 0 Å². The third-order valence-electron chi connectivity index (χ3n) is 9.16. The minimum atomic E-state index is -1.14. The van der Waals surface area contributed by atoms with Crippen LogP contribution in [0.1, 0.15) is 84.9 Å². The van der Waals surface area contributed by atoms with E-state index in [1.54, 1.807) is 30.3 Å². The first-order chi connectivity index (χ1) is 22.4. The van der Waals surface area contributed by atoms with Gasteiger partial charge in [0.2, 0.25) is 0 Å². The average Bonchev–Trinajstić information content (AvgIpc) is 3.34. The number of nitrogens with one attached hydrogen (secondary N) is 1. The molecule has 46 heavy (non-hydrogen) atoms. The first-order valence-electron chi connectivity index (χ1n) is 15.6. The Morgan fingerprint density at radius 3 is 2.04 bits per heavy atom. The van der Waals surface area contributed by atoms with Gasteiger partial charge in [0.05, 0.1) is 23.9 Å². The maximum atomic E-state index is 14.2. The standard InChI is InChI=1S/C33H35N5O8/c1-45-33(43)38-29(39)24-18-17-23(20-11-5-2-6-12-20)27(26(24)30(38)40)34-35-28-25(19-46-44)36(21-13-7-3-8-14-21)32(42)37(31(28)41)22-15-9-4-10-16-22/h2,5-6,11-12,17-19,21-22,34,44H,3-4,7-10,13-16H2,1H3/b25-19+,35-28?. The van der Waals surface area contributed by atoms with Crippen molar-refractivity contribution in [3.05, 3.63) is 65.6 Å². The normalized spacial score (nSPS) is 21.3. The second kappa shape index (κ2) is 13.1. The number of anilines is 1. The summed E-state index contributed by atoms with van der Waals surface area (Å²) >= 11 is 0. The van der Waals surface area contributed by atoms with E-state index in [-0.39, 0.29) is 40.3 Å². The highest BCUT2D eigenvalue weighted by molar-refractivity contribution is 6.49.